The summed E-state index contributed by atoms with van der Waals surface area (Å²) in [6, 6.07) is 22.4. The summed E-state index contributed by atoms with van der Waals surface area (Å²) in [4.78, 5) is 25.3. The number of hydrazone groups is 1. The third-order valence-electron chi connectivity index (χ3n) is 5.86. The maximum Gasteiger partial charge on any atom is 0.307 e. The number of carbonyl (C=O) groups is 2. The van der Waals surface area contributed by atoms with Crippen molar-refractivity contribution in [3.05, 3.63) is 95.9 Å². The van der Waals surface area contributed by atoms with Gasteiger partial charge in [0.2, 0.25) is 5.91 Å². The number of fused-ring (bicyclic) bond motifs is 2. The molecule has 0 saturated heterocycles. The van der Waals surface area contributed by atoms with E-state index in [-0.39, 0.29) is 18.2 Å². The number of nitrogens with one attached hydrogen (secondary N) is 2. The van der Waals surface area contributed by atoms with Gasteiger partial charge in [0.25, 0.3) is 0 Å². The zero-order valence-corrected chi connectivity index (χ0v) is 20.5. The average Bonchev–Trinajstić information content (AvgIpc) is 3.47. The Kier molecular flexibility index (Phi) is 6.72. The summed E-state index contributed by atoms with van der Waals surface area (Å²) in [6.07, 6.45) is 3.40. The molecule has 0 spiro atoms. The smallest absolute Gasteiger partial charge is 0.307 e. The highest BCUT2D eigenvalue weighted by Crippen LogP contribution is 2.24. The Hall–Kier alpha value is -4.85. The Morgan fingerprint density at radius 3 is 2.68 bits per heavy atom. The summed E-state index contributed by atoms with van der Waals surface area (Å²) in [5.74, 6) is 0.256. The van der Waals surface area contributed by atoms with Gasteiger partial charge in [-0.1, -0.05) is 35.9 Å². The van der Waals surface area contributed by atoms with Crippen LogP contribution in [0.5, 0.6) is 5.75 Å². The number of hydrogen-bond acceptors (Lipinski definition) is 5. The van der Waals surface area contributed by atoms with Crippen LogP contribution in [0.2, 0.25) is 0 Å². The molecule has 0 aliphatic rings. The molecule has 2 heterocycles. The highest BCUT2D eigenvalue weighted by molar-refractivity contribution is 6.01. The van der Waals surface area contributed by atoms with Crippen molar-refractivity contribution in [2.75, 3.05) is 11.9 Å². The molecule has 0 aliphatic heterocycles. The Morgan fingerprint density at radius 1 is 1.05 bits per heavy atom. The lowest BCUT2D eigenvalue weighted by Crippen LogP contribution is -2.18. The molecule has 3 aromatic carbocycles. The lowest BCUT2D eigenvalue weighted by atomic mass is 10.2. The Labute approximate surface area is 213 Å². The van der Waals surface area contributed by atoms with Gasteiger partial charge >= 0.3 is 5.91 Å². The Morgan fingerprint density at radius 2 is 1.86 bits per heavy atom. The van der Waals surface area contributed by atoms with Crippen molar-refractivity contribution in [3.63, 3.8) is 0 Å². The van der Waals surface area contributed by atoms with Crippen molar-refractivity contribution in [2.24, 2.45) is 5.10 Å². The quantitative estimate of drug-likeness (QED) is 0.220. The van der Waals surface area contributed by atoms with Gasteiger partial charge in [-0.3, -0.25) is 9.59 Å². The zero-order chi connectivity index (χ0) is 25.8. The van der Waals surface area contributed by atoms with Crippen LogP contribution in [0.1, 0.15) is 28.6 Å². The van der Waals surface area contributed by atoms with Crippen molar-refractivity contribution in [1.82, 2.24) is 9.99 Å². The van der Waals surface area contributed by atoms with Gasteiger partial charge < -0.3 is 19.0 Å². The average molecular weight is 495 g/mol. The predicted octanol–water partition coefficient (Wildman–Crippen LogP) is 5.50. The van der Waals surface area contributed by atoms with Gasteiger partial charge in [0.1, 0.15) is 17.9 Å². The molecule has 37 heavy (non-hydrogen) atoms. The minimum absolute atomic E-state index is 0.136. The Balaban J connectivity index is 1.29. The summed E-state index contributed by atoms with van der Waals surface area (Å²) in [7, 11) is 0. The van der Waals surface area contributed by atoms with Crippen molar-refractivity contribution < 1.29 is 18.7 Å². The second-order valence-electron chi connectivity index (χ2n) is 8.59. The molecule has 0 atom stereocenters. The summed E-state index contributed by atoms with van der Waals surface area (Å²) in [5, 5.41) is 8.73. The molecule has 0 fully saturated rings. The normalized spacial score (nSPS) is 11.3. The predicted molar refractivity (Wildman–Crippen MR) is 144 cm³/mol. The molecule has 2 N–H and O–H groups in total. The minimum atomic E-state index is -0.466. The number of ether oxygens (including phenoxy) is 1. The van der Waals surface area contributed by atoms with Crippen molar-refractivity contribution in [2.45, 2.75) is 20.4 Å². The number of aromatic nitrogens is 1. The molecule has 0 aliphatic carbocycles. The molecule has 186 valence electrons. The molecule has 8 heteroatoms. The number of para-hydroxylation sites is 1. The second-order valence-corrected chi connectivity index (χ2v) is 8.59. The first-order valence-electron chi connectivity index (χ1n) is 11.9. The van der Waals surface area contributed by atoms with Gasteiger partial charge in [-0.25, -0.2) is 5.43 Å². The number of anilines is 1. The first-order valence-corrected chi connectivity index (χ1v) is 11.9. The van der Waals surface area contributed by atoms with Gasteiger partial charge in [0, 0.05) is 33.7 Å². The van der Waals surface area contributed by atoms with Gasteiger partial charge in [-0.2, -0.15) is 5.10 Å². The van der Waals surface area contributed by atoms with E-state index in [4.69, 9.17) is 9.15 Å². The van der Waals surface area contributed by atoms with Gasteiger partial charge in [0.15, 0.2) is 5.76 Å². The van der Waals surface area contributed by atoms with E-state index in [1.54, 1.807) is 24.4 Å². The number of aryl methyl sites for hydroxylation is 1. The molecule has 0 radical (unpaired) electrons. The zero-order valence-electron chi connectivity index (χ0n) is 20.5. The van der Waals surface area contributed by atoms with E-state index in [1.807, 2.05) is 79.2 Å². The van der Waals surface area contributed by atoms with E-state index < -0.39 is 5.91 Å². The molecular weight excluding hydrogens is 468 g/mol. The molecule has 2 aromatic heterocycles. The SMILES string of the molecule is CCOc1ccc2oc(C(=O)N/N=C/c3cn(CC(=O)Nc4ccc(C)cc4)c4ccccc34)cc2c1. The second kappa shape index (κ2) is 10.4. The van der Waals surface area contributed by atoms with Crippen LogP contribution in [0.15, 0.2) is 88.5 Å². The molecular formula is C29H26N4O4. The Bertz CT molecular complexity index is 1610. The molecule has 0 saturated carbocycles. The summed E-state index contributed by atoms with van der Waals surface area (Å²) in [5.41, 5.74) is 6.63. The van der Waals surface area contributed by atoms with Crippen molar-refractivity contribution >= 4 is 45.6 Å². The number of hydrogen-bond donors (Lipinski definition) is 2. The molecule has 0 unspecified atom stereocenters. The van der Waals surface area contributed by atoms with E-state index in [0.29, 0.717) is 17.9 Å². The number of carbonyl (C=O) groups excluding carboxylic acids is 2. The first kappa shape index (κ1) is 23.9. The van der Waals surface area contributed by atoms with E-state index in [9.17, 15) is 9.59 Å². The maximum atomic E-state index is 12.7. The van der Waals surface area contributed by atoms with E-state index in [2.05, 4.69) is 15.8 Å². The van der Waals surface area contributed by atoms with Crippen LogP contribution in [0, 0.1) is 6.92 Å². The van der Waals surface area contributed by atoms with Crippen molar-refractivity contribution in [3.8, 4) is 5.75 Å². The highest BCUT2D eigenvalue weighted by Gasteiger charge is 2.13. The van der Waals surface area contributed by atoms with Gasteiger partial charge in [-0.05, 0) is 56.3 Å². The number of benzene rings is 3. The topological polar surface area (TPSA) is 97.9 Å². The molecule has 2 amide bonds. The van der Waals surface area contributed by atoms with Crippen LogP contribution < -0.4 is 15.5 Å². The fourth-order valence-corrected chi connectivity index (χ4v) is 4.11. The molecule has 5 aromatic rings. The van der Waals surface area contributed by atoms with Crippen molar-refractivity contribution in [1.29, 1.82) is 0 Å². The molecule has 5 rings (SSSR count). The van der Waals surface area contributed by atoms with E-state index in [0.717, 1.165) is 33.1 Å². The first-order chi connectivity index (χ1) is 18.0. The fourth-order valence-electron chi connectivity index (χ4n) is 4.11. The summed E-state index contributed by atoms with van der Waals surface area (Å²) < 4.78 is 13.0. The highest BCUT2D eigenvalue weighted by atomic mass is 16.5. The molecule has 8 nitrogen and oxygen atoms in total. The minimum Gasteiger partial charge on any atom is -0.494 e. The third-order valence-corrected chi connectivity index (χ3v) is 5.86. The fraction of sp³-hybridized carbons (Fsp3) is 0.138. The van der Waals surface area contributed by atoms with Crippen LogP contribution in [0.3, 0.4) is 0 Å². The lowest BCUT2D eigenvalue weighted by Gasteiger charge is -2.07. The maximum absolute atomic E-state index is 12.7. The van der Waals surface area contributed by atoms with E-state index >= 15 is 0 Å². The monoisotopic (exact) mass is 494 g/mol. The van der Waals surface area contributed by atoms with Crippen LogP contribution >= 0.6 is 0 Å². The number of rotatable bonds is 8. The summed E-state index contributed by atoms with van der Waals surface area (Å²) >= 11 is 0. The van der Waals surface area contributed by atoms with Gasteiger partial charge in [0.05, 0.1) is 12.8 Å². The van der Waals surface area contributed by atoms with Gasteiger partial charge in [-0.15, -0.1) is 0 Å². The number of amides is 2. The van der Waals surface area contributed by atoms with Crippen LogP contribution in [-0.4, -0.2) is 29.2 Å². The number of nitrogens with zero attached hydrogens (tertiary/aromatic N) is 2. The summed E-state index contributed by atoms with van der Waals surface area (Å²) in [6.45, 7) is 4.60. The lowest BCUT2D eigenvalue weighted by molar-refractivity contribution is -0.116. The van der Waals surface area contributed by atoms with E-state index in [1.165, 1.54) is 0 Å². The third kappa shape index (κ3) is 5.38. The van der Waals surface area contributed by atoms with Crippen LogP contribution in [0.4, 0.5) is 5.69 Å². The number of furan rings is 1. The van der Waals surface area contributed by atoms with Crippen LogP contribution in [-0.2, 0) is 11.3 Å². The van der Waals surface area contributed by atoms with Crippen LogP contribution in [0.25, 0.3) is 21.9 Å². The largest absolute Gasteiger partial charge is 0.494 e. The molecule has 0 bridgehead atoms. The standard InChI is InChI=1S/C29H26N4O4/c1-3-36-23-12-13-26-20(14-23)15-27(37-26)29(35)32-30-16-21-17-33(25-7-5-4-6-24(21)25)18-28(34)31-22-10-8-19(2)9-11-22/h4-17H,3,18H2,1-2H3,(H,31,34)(H,32,35)/b30-16+.